The molecule has 184 valence electrons. The number of benzene rings is 2. The molecule has 0 radical (unpaired) electrons. The summed E-state index contributed by atoms with van der Waals surface area (Å²) in [5.41, 5.74) is 6.73. The van der Waals surface area contributed by atoms with Crippen LogP contribution in [0.15, 0.2) is 36.4 Å². The first-order valence-corrected chi connectivity index (χ1v) is 12.7. The van der Waals surface area contributed by atoms with Crippen LogP contribution < -0.4 is 10.1 Å². The predicted octanol–water partition coefficient (Wildman–Crippen LogP) is 3.95. The fourth-order valence-corrected chi connectivity index (χ4v) is 5.25. The van der Waals surface area contributed by atoms with Crippen LogP contribution in [-0.4, -0.2) is 58.1 Å². The molecule has 1 saturated heterocycles. The summed E-state index contributed by atoms with van der Waals surface area (Å²) in [6, 6.07) is 12.5. The second-order valence-electron chi connectivity index (χ2n) is 10.1. The molecule has 1 atom stereocenters. The summed E-state index contributed by atoms with van der Waals surface area (Å²) in [6.45, 7) is 8.07. The Bertz CT molecular complexity index is 1230. The van der Waals surface area contributed by atoms with E-state index in [9.17, 15) is 4.79 Å². The molecule has 7 nitrogen and oxygen atoms in total. The number of hydrogen-bond acceptors (Lipinski definition) is 5. The summed E-state index contributed by atoms with van der Waals surface area (Å²) in [4.78, 5) is 17.1. The van der Waals surface area contributed by atoms with Gasteiger partial charge >= 0.3 is 0 Å². The first-order chi connectivity index (χ1) is 16.9. The molecule has 1 amide bonds. The maximum absolute atomic E-state index is 13.2. The van der Waals surface area contributed by atoms with Crippen molar-refractivity contribution in [3.63, 3.8) is 0 Å². The molecule has 7 heteroatoms. The predicted molar refractivity (Wildman–Crippen MR) is 136 cm³/mol. The van der Waals surface area contributed by atoms with Gasteiger partial charge in [0.1, 0.15) is 11.9 Å². The smallest absolute Gasteiger partial charge is 0.273 e. The molecule has 1 aliphatic heterocycles. The zero-order valence-electron chi connectivity index (χ0n) is 21.2. The van der Waals surface area contributed by atoms with Crippen molar-refractivity contribution in [3.8, 4) is 11.4 Å². The summed E-state index contributed by atoms with van der Waals surface area (Å²) >= 11 is 0. The van der Waals surface area contributed by atoms with Crippen LogP contribution in [0.2, 0.25) is 0 Å². The first-order valence-electron chi connectivity index (χ1n) is 12.7. The Hall–Kier alpha value is -3.19. The highest BCUT2D eigenvalue weighted by Crippen LogP contribution is 2.32. The minimum Gasteiger partial charge on any atom is -0.490 e. The number of nitrogens with zero attached hydrogens (tertiary/aromatic N) is 4. The number of carbonyl (C=O) groups is 1. The van der Waals surface area contributed by atoms with Crippen LogP contribution in [0.4, 0.5) is 0 Å². The van der Waals surface area contributed by atoms with Gasteiger partial charge in [-0.3, -0.25) is 4.79 Å². The number of piperidine rings is 1. The van der Waals surface area contributed by atoms with Crippen LogP contribution in [-0.2, 0) is 12.8 Å². The van der Waals surface area contributed by atoms with E-state index < -0.39 is 0 Å². The number of aryl methyl sites for hydroxylation is 4. The minimum atomic E-state index is -0.166. The zero-order chi connectivity index (χ0) is 24.5. The summed E-state index contributed by atoms with van der Waals surface area (Å²) in [5.74, 6) is 0.814. The third kappa shape index (κ3) is 5.10. The fourth-order valence-electron chi connectivity index (χ4n) is 5.25. The molecule has 0 unspecified atom stereocenters. The average Bonchev–Trinajstić information content (AvgIpc) is 3.22. The van der Waals surface area contributed by atoms with Gasteiger partial charge in [0, 0.05) is 19.1 Å². The van der Waals surface area contributed by atoms with Gasteiger partial charge < -0.3 is 15.0 Å². The molecule has 2 aromatic carbocycles. The summed E-state index contributed by atoms with van der Waals surface area (Å²) < 4.78 is 6.47. The van der Waals surface area contributed by atoms with Crippen molar-refractivity contribution in [2.45, 2.75) is 65.0 Å². The zero-order valence-corrected chi connectivity index (χ0v) is 21.2. The molecule has 2 aliphatic rings. The average molecular weight is 474 g/mol. The van der Waals surface area contributed by atoms with Crippen molar-refractivity contribution >= 4 is 5.91 Å². The molecule has 1 fully saturated rings. The second kappa shape index (κ2) is 9.82. The van der Waals surface area contributed by atoms with Crippen LogP contribution in [0.1, 0.15) is 57.7 Å². The van der Waals surface area contributed by atoms with Crippen LogP contribution in [0, 0.1) is 20.8 Å². The largest absolute Gasteiger partial charge is 0.490 e. The number of amides is 1. The van der Waals surface area contributed by atoms with Gasteiger partial charge in [-0.15, -0.1) is 5.10 Å². The standard InChI is InChI=1S/C28H35N5O2/c1-18-8-11-25(19(2)16-18)33-30-20(3)27(31-33)28(34)29-22-10-9-21-6-5-7-26(24(21)17-22)35-23-12-14-32(4)15-13-23/h5-8,11,16,22-23H,9-10,12-15,17H2,1-4H3,(H,29,34)/t22-/m1/s1. The van der Waals surface area contributed by atoms with Gasteiger partial charge in [0.15, 0.2) is 5.69 Å². The third-order valence-corrected chi connectivity index (χ3v) is 7.30. The number of likely N-dealkylation sites (tertiary alicyclic amines) is 1. The van der Waals surface area contributed by atoms with E-state index in [-0.39, 0.29) is 18.1 Å². The van der Waals surface area contributed by atoms with Gasteiger partial charge in [0.2, 0.25) is 0 Å². The number of ether oxygens (including phenoxy) is 1. The van der Waals surface area contributed by atoms with Gasteiger partial charge in [-0.25, -0.2) is 0 Å². The molecule has 5 rings (SSSR count). The lowest BCUT2D eigenvalue weighted by molar-refractivity contribution is 0.0925. The van der Waals surface area contributed by atoms with Crippen molar-refractivity contribution in [3.05, 3.63) is 70.0 Å². The van der Waals surface area contributed by atoms with E-state index in [2.05, 4.69) is 58.7 Å². The highest BCUT2D eigenvalue weighted by atomic mass is 16.5. The van der Waals surface area contributed by atoms with Crippen LogP contribution >= 0.6 is 0 Å². The first kappa shape index (κ1) is 23.5. The van der Waals surface area contributed by atoms with Crippen LogP contribution in [0.5, 0.6) is 5.75 Å². The number of hydrogen-bond donors (Lipinski definition) is 1. The molecule has 1 aliphatic carbocycles. The highest BCUT2D eigenvalue weighted by Gasteiger charge is 2.27. The van der Waals surface area contributed by atoms with Crippen molar-refractivity contribution in [2.75, 3.05) is 20.1 Å². The second-order valence-corrected chi connectivity index (χ2v) is 10.1. The van der Waals surface area contributed by atoms with Crippen LogP contribution in [0.3, 0.4) is 0 Å². The van der Waals surface area contributed by atoms with Gasteiger partial charge in [-0.1, -0.05) is 29.8 Å². The normalized spacial score (nSPS) is 18.8. The van der Waals surface area contributed by atoms with Crippen molar-refractivity contribution in [1.82, 2.24) is 25.2 Å². The molecule has 0 saturated carbocycles. The summed E-state index contributed by atoms with van der Waals surface area (Å²) in [5, 5.41) is 12.3. The van der Waals surface area contributed by atoms with E-state index in [1.165, 1.54) is 16.7 Å². The lowest BCUT2D eigenvalue weighted by Gasteiger charge is -2.32. The van der Waals surface area contributed by atoms with Gasteiger partial charge in [-0.2, -0.15) is 9.90 Å². The fraction of sp³-hybridized carbons (Fsp3) is 0.464. The number of nitrogens with one attached hydrogen (secondary N) is 1. The Morgan fingerprint density at radius 1 is 1.06 bits per heavy atom. The molecule has 0 bridgehead atoms. The maximum atomic E-state index is 13.2. The number of rotatable bonds is 5. The van der Waals surface area contributed by atoms with Crippen molar-refractivity contribution in [1.29, 1.82) is 0 Å². The molecular formula is C28H35N5O2. The van der Waals surface area contributed by atoms with E-state index in [4.69, 9.17) is 4.74 Å². The molecular weight excluding hydrogens is 438 g/mol. The Labute approximate surface area is 207 Å². The minimum absolute atomic E-state index is 0.0444. The Kier molecular flexibility index (Phi) is 6.60. The maximum Gasteiger partial charge on any atom is 0.273 e. The van der Waals surface area contributed by atoms with Gasteiger partial charge in [-0.05, 0) is 88.7 Å². The Balaban J connectivity index is 1.29. The van der Waals surface area contributed by atoms with E-state index in [0.717, 1.165) is 62.2 Å². The Morgan fingerprint density at radius 3 is 2.63 bits per heavy atom. The topological polar surface area (TPSA) is 72.3 Å². The number of aromatic nitrogens is 3. The van der Waals surface area contributed by atoms with E-state index in [0.29, 0.717) is 11.4 Å². The molecule has 3 aromatic rings. The van der Waals surface area contributed by atoms with Crippen molar-refractivity contribution in [2.24, 2.45) is 0 Å². The van der Waals surface area contributed by atoms with Crippen LogP contribution in [0.25, 0.3) is 5.69 Å². The molecule has 1 N–H and O–H groups in total. The Morgan fingerprint density at radius 2 is 1.86 bits per heavy atom. The number of fused-ring (bicyclic) bond motifs is 1. The van der Waals surface area contributed by atoms with E-state index in [1.807, 2.05) is 26.0 Å². The van der Waals surface area contributed by atoms with Gasteiger partial charge in [0.05, 0.1) is 11.4 Å². The molecule has 0 spiro atoms. The van der Waals surface area contributed by atoms with Crippen molar-refractivity contribution < 1.29 is 9.53 Å². The van der Waals surface area contributed by atoms with E-state index in [1.54, 1.807) is 4.80 Å². The third-order valence-electron chi connectivity index (χ3n) is 7.30. The molecule has 1 aromatic heterocycles. The molecule has 2 heterocycles. The summed E-state index contributed by atoms with van der Waals surface area (Å²) in [6.07, 6.45) is 4.97. The summed E-state index contributed by atoms with van der Waals surface area (Å²) in [7, 11) is 2.16. The quantitative estimate of drug-likeness (QED) is 0.608. The lowest BCUT2D eigenvalue weighted by atomic mass is 9.87. The monoisotopic (exact) mass is 473 g/mol. The lowest BCUT2D eigenvalue weighted by Crippen LogP contribution is -2.40. The van der Waals surface area contributed by atoms with E-state index >= 15 is 0 Å². The van der Waals surface area contributed by atoms with Gasteiger partial charge in [0.25, 0.3) is 5.91 Å². The number of carbonyl (C=O) groups excluding carboxylic acids is 1. The molecule has 35 heavy (non-hydrogen) atoms. The SMILES string of the molecule is Cc1ccc(-n2nc(C)c(C(=O)N[C@@H]3CCc4cccc(OC5CCN(C)CC5)c4C3)n2)c(C)c1. The highest BCUT2D eigenvalue weighted by molar-refractivity contribution is 5.93.